The number of halogens is 1. The molecule has 2 heterocycles. The molecule has 0 aromatic heterocycles. The van der Waals surface area contributed by atoms with Crippen LogP contribution in [0.15, 0.2) is 39.4 Å². The molecule has 1 spiro atoms. The van der Waals surface area contributed by atoms with Gasteiger partial charge >= 0.3 is 0 Å². The average molecular weight is 428 g/mol. The van der Waals surface area contributed by atoms with E-state index >= 15 is 0 Å². The van der Waals surface area contributed by atoms with Gasteiger partial charge in [-0.05, 0) is 24.0 Å². The van der Waals surface area contributed by atoms with E-state index in [0.29, 0.717) is 27.9 Å². The predicted molar refractivity (Wildman–Crippen MR) is 102 cm³/mol. The fourth-order valence-corrected chi connectivity index (χ4v) is 5.00. The Bertz CT molecular complexity index is 1050. The SMILES string of the molecule is Cc1ccc2c(c1Br)[C@@]1(C(=O)N2)C(C#N)=C(N)OC2=C1C(=O)CC(C)(C)C2. The van der Waals surface area contributed by atoms with Crippen molar-refractivity contribution in [2.45, 2.75) is 39.0 Å². The zero-order valence-electron chi connectivity index (χ0n) is 15.2. The number of hydrogen-bond acceptors (Lipinski definition) is 5. The van der Waals surface area contributed by atoms with Crippen molar-refractivity contribution >= 4 is 33.3 Å². The van der Waals surface area contributed by atoms with E-state index in [2.05, 4.69) is 21.2 Å². The van der Waals surface area contributed by atoms with Gasteiger partial charge in [0.05, 0.1) is 5.57 Å². The van der Waals surface area contributed by atoms with Gasteiger partial charge in [-0.15, -0.1) is 0 Å². The molecule has 0 unspecified atom stereocenters. The summed E-state index contributed by atoms with van der Waals surface area (Å²) in [6.07, 6.45) is 0.725. The molecule has 0 fully saturated rings. The molecular formula is C20H18BrN3O3. The molecule has 0 radical (unpaired) electrons. The fourth-order valence-electron chi connectivity index (χ4n) is 4.36. The first-order chi connectivity index (χ1) is 12.6. The van der Waals surface area contributed by atoms with E-state index < -0.39 is 11.3 Å². The minimum absolute atomic E-state index is 0.0446. The highest BCUT2D eigenvalue weighted by Gasteiger charge is 2.61. The highest BCUT2D eigenvalue weighted by Crippen LogP contribution is 2.57. The van der Waals surface area contributed by atoms with Crippen LogP contribution >= 0.6 is 15.9 Å². The first-order valence-corrected chi connectivity index (χ1v) is 9.39. The van der Waals surface area contributed by atoms with Gasteiger partial charge in [-0.1, -0.05) is 35.8 Å². The molecule has 3 N–H and O–H groups in total. The van der Waals surface area contributed by atoms with Crippen LogP contribution in [0.3, 0.4) is 0 Å². The topological polar surface area (TPSA) is 105 Å². The number of nitriles is 1. The van der Waals surface area contributed by atoms with Crippen molar-refractivity contribution in [2.24, 2.45) is 11.1 Å². The maximum Gasteiger partial charge on any atom is 0.245 e. The summed E-state index contributed by atoms with van der Waals surface area (Å²) in [6.45, 7) is 5.82. The minimum atomic E-state index is -1.58. The van der Waals surface area contributed by atoms with Gasteiger partial charge in [0.15, 0.2) is 5.78 Å². The molecular weight excluding hydrogens is 410 g/mol. The average Bonchev–Trinajstić information content (AvgIpc) is 2.83. The van der Waals surface area contributed by atoms with E-state index in [1.165, 1.54) is 0 Å². The number of carbonyl (C=O) groups is 2. The lowest BCUT2D eigenvalue weighted by atomic mass is 9.62. The third-order valence-electron chi connectivity index (χ3n) is 5.48. The Hall–Kier alpha value is -2.59. The molecule has 6 nitrogen and oxygen atoms in total. The number of carbonyl (C=O) groups excluding carboxylic acids is 2. The predicted octanol–water partition coefficient (Wildman–Crippen LogP) is 3.31. The molecule has 3 aliphatic rings. The number of rotatable bonds is 0. The molecule has 1 aromatic rings. The number of Topliss-reactive ketones (excluding diaryl/α,β-unsaturated/α-hetero) is 1. The van der Waals surface area contributed by atoms with Crippen LogP contribution in [0.1, 0.15) is 37.8 Å². The second kappa shape index (κ2) is 5.46. The number of ketones is 1. The van der Waals surface area contributed by atoms with Crippen LogP contribution < -0.4 is 11.1 Å². The van der Waals surface area contributed by atoms with E-state index in [4.69, 9.17) is 10.5 Å². The number of ether oxygens (including phenoxy) is 1. The zero-order valence-corrected chi connectivity index (χ0v) is 16.8. The monoisotopic (exact) mass is 427 g/mol. The highest BCUT2D eigenvalue weighted by atomic mass is 79.9. The molecule has 0 bridgehead atoms. The molecule has 0 saturated carbocycles. The maximum absolute atomic E-state index is 13.3. The molecule has 4 rings (SSSR count). The summed E-state index contributed by atoms with van der Waals surface area (Å²) in [4.78, 5) is 26.6. The number of fused-ring (bicyclic) bond motifs is 3. The van der Waals surface area contributed by atoms with Crippen molar-refractivity contribution in [3.05, 3.63) is 50.5 Å². The number of anilines is 1. The summed E-state index contributed by atoms with van der Waals surface area (Å²) in [7, 11) is 0. The molecule has 27 heavy (non-hydrogen) atoms. The van der Waals surface area contributed by atoms with Gasteiger partial charge in [0.2, 0.25) is 11.8 Å². The number of benzene rings is 1. The largest absolute Gasteiger partial charge is 0.444 e. The Morgan fingerprint density at radius 3 is 2.67 bits per heavy atom. The quantitative estimate of drug-likeness (QED) is 0.660. The van der Waals surface area contributed by atoms with Crippen molar-refractivity contribution in [3.63, 3.8) is 0 Å². The molecule has 2 aliphatic heterocycles. The number of amides is 1. The van der Waals surface area contributed by atoms with E-state index in [1.54, 1.807) is 6.07 Å². The van der Waals surface area contributed by atoms with Crippen molar-refractivity contribution < 1.29 is 14.3 Å². The fraction of sp³-hybridized carbons (Fsp3) is 0.350. The minimum Gasteiger partial charge on any atom is -0.444 e. The van der Waals surface area contributed by atoms with Gasteiger partial charge in [0, 0.05) is 28.6 Å². The molecule has 1 atom stereocenters. The summed E-state index contributed by atoms with van der Waals surface area (Å²) in [5.74, 6) is -0.396. The van der Waals surface area contributed by atoms with Crippen LogP contribution in [-0.4, -0.2) is 11.7 Å². The van der Waals surface area contributed by atoms with Crippen LogP contribution in [-0.2, 0) is 19.7 Å². The van der Waals surface area contributed by atoms with Crippen molar-refractivity contribution in [1.29, 1.82) is 5.26 Å². The molecule has 1 amide bonds. The van der Waals surface area contributed by atoms with Crippen molar-refractivity contribution in [3.8, 4) is 6.07 Å². The summed E-state index contributed by atoms with van der Waals surface area (Å²) < 4.78 is 6.39. The first-order valence-electron chi connectivity index (χ1n) is 8.59. The zero-order chi connectivity index (χ0) is 19.7. The van der Waals surface area contributed by atoms with Gasteiger partial charge in [-0.3, -0.25) is 9.59 Å². The second-order valence-corrected chi connectivity index (χ2v) is 8.81. The van der Waals surface area contributed by atoms with E-state index in [0.717, 1.165) is 5.56 Å². The summed E-state index contributed by atoms with van der Waals surface area (Å²) in [6, 6.07) is 5.68. The highest BCUT2D eigenvalue weighted by molar-refractivity contribution is 9.10. The van der Waals surface area contributed by atoms with Crippen molar-refractivity contribution in [2.75, 3.05) is 5.32 Å². The van der Waals surface area contributed by atoms with Gasteiger partial charge in [0.1, 0.15) is 22.8 Å². The summed E-state index contributed by atoms with van der Waals surface area (Å²) >= 11 is 3.57. The van der Waals surface area contributed by atoms with Gasteiger partial charge in [-0.2, -0.15) is 5.26 Å². The summed E-state index contributed by atoms with van der Waals surface area (Å²) in [5.41, 5.74) is 6.37. The van der Waals surface area contributed by atoms with Crippen molar-refractivity contribution in [1.82, 2.24) is 0 Å². The normalized spacial score (nSPS) is 25.7. The Balaban J connectivity index is 2.14. The summed E-state index contributed by atoms with van der Waals surface area (Å²) in [5, 5.41) is 12.7. The Labute approximate surface area is 165 Å². The van der Waals surface area contributed by atoms with Crippen LogP contribution in [0, 0.1) is 23.7 Å². The van der Waals surface area contributed by atoms with Crippen LogP contribution in [0.2, 0.25) is 0 Å². The van der Waals surface area contributed by atoms with Gasteiger partial charge in [0.25, 0.3) is 0 Å². The lowest BCUT2D eigenvalue weighted by molar-refractivity contribution is -0.124. The molecule has 7 heteroatoms. The Morgan fingerprint density at radius 1 is 1.30 bits per heavy atom. The number of aryl methyl sites for hydroxylation is 1. The van der Waals surface area contributed by atoms with Gasteiger partial charge < -0.3 is 15.8 Å². The van der Waals surface area contributed by atoms with Gasteiger partial charge in [-0.25, -0.2) is 0 Å². The lowest BCUT2D eigenvalue weighted by Crippen LogP contribution is -2.48. The molecule has 1 aromatic carbocycles. The van der Waals surface area contributed by atoms with Crippen LogP contribution in [0.25, 0.3) is 0 Å². The molecule has 138 valence electrons. The maximum atomic E-state index is 13.3. The number of nitrogens with one attached hydrogen (secondary N) is 1. The first kappa shape index (κ1) is 17.8. The second-order valence-electron chi connectivity index (χ2n) is 8.02. The Kier molecular flexibility index (Phi) is 3.60. The van der Waals surface area contributed by atoms with E-state index in [-0.39, 0.29) is 34.6 Å². The standard InChI is InChI=1S/C20H18BrN3O3/c1-9-4-5-11-14(16(9)21)20(18(26)24-11)10(8-22)17(23)27-13-7-19(2,3)6-12(25)15(13)20/h4-5H,6-7,23H2,1-3H3,(H,24,26)/t20-/m0/s1. The third kappa shape index (κ3) is 2.16. The smallest absolute Gasteiger partial charge is 0.245 e. The molecule has 0 saturated heterocycles. The number of allylic oxidation sites excluding steroid dienone is 1. The lowest BCUT2D eigenvalue weighted by Gasteiger charge is -2.41. The van der Waals surface area contributed by atoms with Crippen LogP contribution in [0.4, 0.5) is 5.69 Å². The Morgan fingerprint density at radius 2 is 2.00 bits per heavy atom. The number of nitrogens with two attached hydrogens (primary N) is 1. The molecule has 1 aliphatic carbocycles. The number of nitrogens with zero attached hydrogens (tertiary/aromatic N) is 1. The van der Waals surface area contributed by atoms with Crippen LogP contribution in [0.5, 0.6) is 0 Å². The number of hydrogen-bond donors (Lipinski definition) is 2. The third-order valence-corrected chi connectivity index (χ3v) is 6.50. The van der Waals surface area contributed by atoms with E-state index in [9.17, 15) is 14.9 Å². The van der Waals surface area contributed by atoms with E-state index in [1.807, 2.05) is 32.9 Å².